The number of carbonyl (C=O) groups is 1. The van der Waals surface area contributed by atoms with Crippen LogP contribution in [0.1, 0.15) is 85.0 Å². The van der Waals surface area contributed by atoms with Crippen LogP contribution in [-0.2, 0) is 11.3 Å². The van der Waals surface area contributed by atoms with E-state index in [1.807, 2.05) is 18.2 Å². The second-order valence-electron chi connectivity index (χ2n) is 13.4. The third-order valence-corrected chi connectivity index (χ3v) is 11.6. The van der Waals surface area contributed by atoms with E-state index in [0.29, 0.717) is 35.3 Å². The van der Waals surface area contributed by atoms with Crippen LogP contribution in [0.25, 0.3) is 11.0 Å². The summed E-state index contributed by atoms with van der Waals surface area (Å²) in [5, 5.41) is 19.5. The van der Waals surface area contributed by atoms with Gasteiger partial charge >= 0.3 is 0 Å². The third-order valence-electron chi connectivity index (χ3n) is 11.6. The third kappa shape index (κ3) is 3.65. The summed E-state index contributed by atoms with van der Waals surface area (Å²) in [5.41, 5.74) is 1.51. The van der Waals surface area contributed by atoms with Crippen molar-refractivity contribution in [1.29, 1.82) is 0 Å². The smallest absolute Gasteiger partial charge is 0.157 e. The minimum atomic E-state index is -0.492. The first-order valence-corrected chi connectivity index (χ1v) is 14.3. The molecule has 0 amide bonds. The SMILES string of the molecule is COc1cccc2c1nnn2CC(=O)[C@H]1CC[C@H]2[C@H]3CCC[C@H]4C[C@](C)(O)CC[C@]4(C)[C@H]3CC[C@]12C. The molecule has 36 heavy (non-hydrogen) atoms. The maximum atomic E-state index is 13.8. The van der Waals surface area contributed by atoms with Crippen LogP contribution in [0.4, 0.5) is 0 Å². The van der Waals surface area contributed by atoms with E-state index in [1.165, 1.54) is 32.1 Å². The van der Waals surface area contributed by atoms with Gasteiger partial charge in [-0.15, -0.1) is 5.10 Å². The number of aromatic nitrogens is 3. The van der Waals surface area contributed by atoms with Crippen molar-refractivity contribution in [3.63, 3.8) is 0 Å². The Bertz CT molecular complexity index is 1160. The Hall–Kier alpha value is -1.95. The highest BCUT2D eigenvalue weighted by molar-refractivity contribution is 5.85. The van der Waals surface area contributed by atoms with E-state index >= 15 is 0 Å². The lowest BCUT2D eigenvalue weighted by Gasteiger charge is -2.57. The lowest BCUT2D eigenvalue weighted by Crippen LogP contribution is -2.51. The van der Waals surface area contributed by atoms with Gasteiger partial charge in [0.15, 0.2) is 11.3 Å². The number of ether oxygens (including phenoxy) is 1. The molecule has 8 atom stereocenters. The quantitative estimate of drug-likeness (QED) is 0.582. The van der Waals surface area contributed by atoms with E-state index in [9.17, 15) is 9.90 Å². The van der Waals surface area contributed by atoms with Gasteiger partial charge in [-0.3, -0.25) is 4.79 Å². The number of carbonyl (C=O) groups excluding carboxylic acids is 1. The minimum Gasteiger partial charge on any atom is -0.494 e. The molecular formula is C30H43N3O3. The molecule has 2 aromatic rings. The zero-order valence-corrected chi connectivity index (χ0v) is 22.5. The molecule has 4 saturated carbocycles. The largest absolute Gasteiger partial charge is 0.494 e. The van der Waals surface area contributed by atoms with Crippen LogP contribution in [0.3, 0.4) is 0 Å². The first-order valence-electron chi connectivity index (χ1n) is 14.3. The molecule has 0 aliphatic heterocycles. The number of hydrogen-bond acceptors (Lipinski definition) is 5. The standard InChI is InChI=1S/C30H43N3O3/c1-28(35)15-16-29(2)19(17-28)7-5-8-20-21-11-12-23(30(21,3)14-13-22(20)29)25(34)18-33-24-9-6-10-26(36-4)27(24)31-32-33/h6,9-10,19-23,35H,5,7-8,11-18H2,1-4H3/t19-,20+,21-,22-,23+,28+,29-,30-/m0/s1. The molecule has 0 unspecified atom stereocenters. The van der Waals surface area contributed by atoms with Gasteiger partial charge in [0.25, 0.3) is 0 Å². The molecule has 6 nitrogen and oxygen atoms in total. The Kier molecular flexibility index (Phi) is 5.79. The topological polar surface area (TPSA) is 77.2 Å². The summed E-state index contributed by atoms with van der Waals surface area (Å²) in [4.78, 5) is 13.8. The molecule has 0 saturated heterocycles. The lowest BCUT2D eigenvalue weighted by atomic mass is 9.48. The minimum absolute atomic E-state index is 0.0860. The van der Waals surface area contributed by atoms with Crippen molar-refractivity contribution in [2.45, 2.75) is 97.1 Å². The van der Waals surface area contributed by atoms with Crippen LogP contribution in [-0.4, -0.2) is 38.6 Å². The Balaban J connectivity index is 1.23. The fraction of sp³-hybridized carbons (Fsp3) is 0.767. The van der Waals surface area contributed by atoms with Crippen LogP contribution in [0.2, 0.25) is 0 Å². The van der Waals surface area contributed by atoms with Crippen LogP contribution in [0, 0.1) is 40.4 Å². The molecule has 4 aliphatic rings. The number of fused-ring (bicyclic) bond motifs is 6. The molecule has 4 aliphatic carbocycles. The Labute approximate surface area is 215 Å². The Morgan fingerprint density at radius 3 is 2.67 bits per heavy atom. The van der Waals surface area contributed by atoms with Crippen LogP contribution in [0.15, 0.2) is 18.2 Å². The van der Waals surface area contributed by atoms with Crippen molar-refractivity contribution < 1.29 is 14.6 Å². The number of aliphatic hydroxyl groups is 1. The van der Waals surface area contributed by atoms with Gasteiger partial charge in [-0.25, -0.2) is 4.68 Å². The molecule has 196 valence electrons. The number of benzene rings is 1. The van der Waals surface area contributed by atoms with Gasteiger partial charge in [-0.05, 0) is 111 Å². The summed E-state index contributed by atoms with van der Waals surface area (Å²) in [6.45, 7) is 7.33. The second kappa shape index (κ2) is 8.54. The Morgan fingerprint density at radius 2 is 1.86 bits per heavy atom. The summed E-state index contributed by atoms with van der Waals surface area (Å²) in [7, 11) is 1.64. The predicted molar refractivity (Wildman–Crippen MR) is 140 cm³/mol. The monoisotopic (exact) mass is 493 g/mol. The number of Topliss-reactive ketones (excluding diaryl/α,β-unsaturated/α-hetero) is 1. The van der Waals surface area contributed by atoms with E-state index in [4.69, 9.17) is 4.74 Å². The van der Waals surface area contributed by atoms with Gasteiger partial charge in [0.2, 0.25) is 0 Å². The normalized spacial score (nSPS) is 42.3. The van der Waals surface area contributed by atoms with E-state index in [0.717, 1.165) is 55.0 Å². The van der Waals surface area contributed by atoms with Crippen molar-refractivity contribution in [3.05, 3.63) is 18.2 Å². The molecule has 1 heterocycles. The molecule has 6 rings (SSSR count). The van der Waals surface area contributed by atoms with Gasteiger partial charge in [0, 0.05) is 5.92 Å². The molecule has 4 fully saturated rings. The lowest BCUT2D eigenvalue weighted by molar-refractivity contribution is -0.133. The summed E-state index contributed by atoms with van der Waals surface area (Å²) in [6.07, 6.45) is 11.5. The van der Waals surface area contributed by atoms with Gasteiger partial charge < -0.3 is 9.84 Å². The van der Waals surface area contributed by atoms with Gasteiger partial charge in [-0.1, -0.05) is 31.5 Å². The average Bonchev–Trinajstić information content (AvgIpc) is 3.38. The molecule has 1 N–H and O–H groups in total. The maximum Gasteiger partial charge on any atom is 0.157 e. The number of ketones is 1. The first-order chi connectivity index (χ1) is 17.2. The van der Waals surface area contributed by atoms with E-state index in [2.05, 4.69) is 31.1 Å². The van der Waals surface area contributed by atoms with Crippen molar-refractivity contribution in [3.8, 4) is 5.75 Å². The fourth-order valence-corrected chi connectivity index (χ4v) is 9.67. The molecule has 6 heteroatoms. The molecular weight excluding hydrogens is 450 g/mol. The van der Waals surface area contributed by atoms with Crippen molar-refractivity contribution in [2.75, 3.05) is 7.11 Å². The van der Waals surface area contributed by atoms with Gasteiger partial charge in [0.1, 0.15) is 12.3 Å². The number of rotatable bonds is 4. The summed E-state index contributed by atoms with van der Waals surface area (Å²) < 4.78 is 7.21. The molecule has 1 aromatic heterocycles. The average molecular weight is 494 g/mol. The zero-order chi connectivity index (χ0) is 25.3. The van der Waals surface area contributed by atoms with E-state index in [1.54, 1.807) is 11.8 Å². The highest BCUT2D eigenvalue weighted by Gasteiger charge is 2.60. The molecule has 0 spiro atoms. The van der Waals surface area contributed by atoms with Crippen molar-refractivity contribution >= 4 is 16.8 Å². The number of methoxy groups -OCH3 is 1. The predicted octanol–water partition coefficient (Wildman–Crippen LogP) is 5.81. The van der Waals surface area contributed by atoms with Crippen LogP contribution < -0.4 is 4.74 Å². The first kappa shape index (κ1) is 24.4. The zero-order valence-electron chi connectivity index (χ0n) is 22.5. The van der Waals surface area contributed by atoms with Crippen LogP contribution >= 0.6 is 0 Å². The highest BCUT2D eigenvalue weighted by atomic mass is 16.5. The Morgan fingerprint density at radius 1 is 1.06 bits per heavy atom. The summed E-state index contributed by atoms with van der Waals surface area (Å²) in [5.74, 6) is 3.84. The summed E-state index contributed by atoms with van der Waals surface area (Å²) >= 11 is 0. The van der Waals surface area contributed by atoms with Crippen molar-refractivity contribution in [2.24, 2.45) is 40.4 Å². The number of nitrogens with zero attached hydrogens (tertiary/aromatic N) is 3. The van der Waals surface area contributed by atoms with E-state index < -0.39 is 5.60 Å². The molecule has 0 bridgehead atoms. The molecule has 0 radical (unpaired) electrons. The molecule has 1 aromatic carbocycles. The van der Waals surface area contributed by atoms with Gasteiger partial charge in [-0.2, -0.15) is 0 Å². The summed E-state index contributed by atoms with van der Waals surface area (Å²) in [6, 6.07) is 5.79. The fourth-order valence-electron chi connectivity index (χ4n) is 9.67. The number of hydrogen-bond donors (Lipinski definition) is 1. The van der Waals surface area contributed by atoms with Crippen LogP contribution in [0.5, 0.6) is 5.75 Å². The second-order valence-corrected chi connectivity index (χ2v) is 13.4. The van der Waals surface area contributed by atoms with E-state index in [-0.39, 0.29) is 11.3 Å². The maximum absolute atomic E-state index is 13.8. The van der Waals surface area contributed by atoms with Crippen molar-refractivity contribution in [1.82, 2.24) is 15.0 Å². The van der Waals surface area contributed by atoms with Gasteiger partial charge in [0.05, 0.1) is 18.2 Å². The highest BCUT2D eigenvalue weighted by Crippen LogP contribution is 2.67.